The smallest absolute Gasteiger partial charge is 0.339 e. The van der Waals surface area contributed by atoms with Gasteiger partial charge in [-0.25, -0.2) is 10.2 Å². The van der Waals surface area contributed by atoms with Crippen molar-refractivity contribution in [2.75, 3.05) is 36.5 Å². The van der Waals surface area contributed by atoms with Crippen LogP contribution in [0.1, 0.15) is 12.5 Å². The first kappa shape index (κ1) is 18.2. The lowest BCUT2D eigenvalue weighted by molar-refractivity contribution is 0.122. The van der Waals surface area contributed by atoms with Gasteiger partial charge in [0.05, 0.1) is 29.6 Å². The maximum absolute atomic E-state index is 12.0. The van der Waals surface area contributed by atoms with Gasteiger partial charge in [-0.3, -0.25) is 0 Å². The van der Waals surface area contributed by atoms with Gasteiger partial charge < -0.3 is 15.0 Å². The van der Waals surface area contributed by atoms with Gasteiger partial charge in [-0.1, -0.05) is 35.9 Å². The van der Waals surface area contributed by atoms with E-state index in [1.54, 1.807) is 24.3 Å². The number of rotatable bonds is 4. The maximum Gasteiger partial charge on any atom is 0.339 e. The molecule has 7 heteroatoms. The monoisotopic (exact) mass is 372 g/mol. The number of morpholine rings is 1. The molecule has 0 spiro atoms. The van der Waals surface area contributed by atoms with Crippen molar-refractivity contribution in [1.29, 1.82) is 0 Å². The van der Waals surface area contributed by atoms with Crippen molar-refractivity contribution in [2.24, 2.45) is 5.10 Å². The zero-order chi connectivity index (χ0) is 18.4. The second kappa shape index (κ2) is 8.69. The van der Waals surface area contributed by atoms with Crippen LogP contribution in [0.2, 0.25) is 5.02 Å². The molecule has 0 atom stereocenters. The largest absolute Gasteiger partial charge is 0.378 e. The van der Waals surface area contributed by atoms with Crippen LogP contribution in [-0.4, -0.2) is 38.0 Å². The van der Waals surface area contributed by atoms with E-state index < -0.39 is 6.03 Å². The molecule has 2 aromatic carbocycles. The molecule has 1 fully saturated rings. The summed E-state index contributed by atoms with van der Waals surface area (Å²) >= 11 is 6.02. The fraction of sp³-hybridized carbons (Fsp3) is 0.263. The molecule has 1 aliphatic rings. The van der Waals surface area contributed by atoms with E-state index in [9.17, 15) is 4.79 Å². The van der Waals surface area contributed by atoms with Gasteiger partial charge >= 0.3 is 6.03 Å². The van der Waals surface area contributed by atoms with Crippen LogP contribution in [0.5, 0.6) is 0 Å². The average Bonchev–Trinajstić information content (AvgIpc) is 2.69. The van der Waals surface area contributed by atoms with E-state index >= 15 is 0 Å². The highest BCUT2D eigenvalue weighted by atomic mass is 35.5. The van der Waals surface area contributed by atoms with Crippen LogP contribution in [0.15, 0.2) is 53.6 Å². The average molecular weight is 373 g/mol. The number of anilines is 2. The number of nitrogens with zero attached hydrogens (tertiary/aromatic N) is 2. The molecule has 1 heterocycles. The number of hydrazone groups is 1. The molecule has 136 valence electrons. The second-order valence-electron chi connectivity index (χ2n) is 5.89. The standard InChI is InChI=1S/C19H21ClN4O2/c1-14(22-23-19(25)21-18-5-3-2-4-17(18)20)15-6-8-16(9-7-15)24-10-12-26-13-11-24/h2-9H,10-13H2,1H3,(H2,21,23,25)/b22-14+. The van der Waals surface area contributed by atoms with Crippen molar-refractivity contribution < 1.29 is 9.53 Å². The first-order valence-electron chi connectivity index (χ1n) is 8.42. The quantitative estimate of drug-likeness (QED) is 0.635. The number of hydrogen-bond donors (Lipinski definition) is 2. The number of carbonyl (C=O) groups is 1. The molecule has 26 heavy (non-hydrogen) atoms. The minimum atomic E-state index is -0.442. The Balaban J connectivity index is 1.58. The van der Waals surface area contributed by atoms with Crippen LogP contribution in [0.25, 0.3) is 0 Å². The van der Waals surface area contributed by atoms with E-state index in [0.717, 1.165) is 37.6 Å². The van der Waals surface area contributed by atoms with Crippen LogP contribution in [0, 0.1) is 0 Å². The third-order valence-corrected chi connectivity index (χ3v) is 4.44. The first-order valence-corrected chi connectivity index (χ1v) is 8.80. The number of halogens is 1. The molecule has 2 amide bonds. The molecule has 1 saturated heterocycles. The number of benzene rings is 2. The summed E-state index contributed by atoms with van der Waals surface area (Å²) < 4.78 is 5.37. The first-order chi connectivity index (χ1) is 12.6. The highest BCUT2D eigenvalue weighted by Gasteiger charge is 2.11. The molecule has 6 nitrogen and oxygen atoms in total. The van der Waals surface area contributed by atoms with Crippen LogP contribution in [-0.2, 0) is 4.74 Å². The Labute approximate surface area is 157 Å². The zero-order valence-electron chi connectivity index (χ0n) is 14.5. The fourth-order valence-electron chi connectivity index (χ4n) is 2.65. The van der Waals surface area contributed by atoms with E-state index in [1.807, 2.05) is 19.1 Å². The molecule has 0 bridgehead atoms. The summed E-state index contributed by atoms with van der Waals surface area (Å²) in [6, 6.07) is 14.7. The summed E-state index contributed by atoms with van der Waals surface area (Å²) in [4.78, 5) is 14.2. The molecule has 0 aliphatic carbocycles. The van der Waals surface area contributed by atoms with E-state index in [1.165, 1.54) is 0 Å². The number of hydrogen-bond acceptors (Lipinski definition) is 4. The molecule has 2 aromatic rings. The minimum absolute atomic E-state index is 0.442. The number of carbonyl (C=O) groups excluding carboxylic acids is 1. The number of nitrogens with one attached hydrogen (secondary N) is 2. The molecule has 0 aromatic heterocycles. The molecule has 0 saturated carbocycles. The highest BCUT2D eigenvalue weighted by molar-refractivity contribution is 6.33. The third kappa shape index (κ3) is 4.74. The SMILES string of the molecule is C/C(=N\NC(=O)Nc1ccccc1Cl)c1ccc(N2CCOCC2)cc1. The van der Waals surface area contributed by atoms with Crippen molar-refractivity contribution >= 4 is 34.7 Å². The highest BCUT2D eigenvalue weighted by Crippen LogP contribution is 2.20. The third-order valence-electron chi connectivity index (χ3n) is 4.11. The van der Waals surface area contributed by atoms with Crippen molar-refractivity contribution in [3.05, 3.63) is 59.1 Å². The Morgan fingerprint density at radius 3 is 2.50 bits per heavy atom. The molecule has 2 N–H and O–H groups in total. The van der Waals surface area contributed by atoms with Gasteiger partial charge in [-0.15, -0.1) is 0 Å². The summed E-state index contributed by atoms with van der Waals surface area (Å²) in [5, 5.41) is 7.28. The van der Waals surface area contributed by atoms with E-state index in [4.69, 9.17) is 16.3 Å². The normalized spacial score (nSPS) is 14.8. The van der Waals surface area contributed by atoms with E-state index in [0.29, 0.717) is 16.4 Å². The second-order valence-corrected chi connectivity index (χ2v) is 6.30. The lowest BCUT2D eigenvalue weighted by Crippen LogP contribution is -2.36. The molecular formula is C19H21ClN4O2. The van der Waals surface area contributed by atoms with E-state index in [-0.39, 0.29) is 0 Å². The Bertz CT molecular complexity index is 786. The summed E-state index contributed by atoms with van der Waals surface area (Å²) in [5.74, 6) is 0. The molecular weight excluding hydrogens is 352 g/mol. The Hall–Kier alpha value is -2.57. The van der Waals surface area contributed by atoms with Crippen molar-refractivity contribution in [2.45, 2.75) is 6.92 Å². The Kier molecular flexibility index (Phi) is 6.09. The van der Waals surface area contributed by atoms with Crippen LogP contribution in [0.3, 0.4) is 0 Å². The van der Waals surface area contributed by atoms with Crippen LogP contribution in [0.4, 0.5) is 16.2 Å². The summed E-state index contributed by atoms with van der Waals surface area (Å²) in [7, 11) is 0. The topological polar surface area (TPSA) is 66.0 Å². The maximum atomic E-state index is 12.0. The minimum Gasteiger partial charge on any atom is -0.378 e. The van der Waals surface area contributed by atoms with Gasteiger partial charge in [-0.05, 0) is 36.8 Å². The molecule has 0 unspecified atom stereocenters. The summed E-state index contributed by atoms with van der Waals surface area (Å²) in [6.45, 7) is 5.16. The number of amides is 2. The zero-order valence-corrected chi connectivity index (χ0v) is 15.3. The molecule has 1 aliphatic heterocycles. The lowest BCUT2D eigenvalue weighted by Gasteiger charge is -2.28. The number of ether oxygens (including phenoxy) is 1. The van der Waals surface area contributed by atoms with Crippen molar-refractivity contribution in [3.8, 4) is 0 Å². The number of para-hydroxylation sites is 1. The van der Waals surface area contributed by atoms with Crippen LogP contribution < -0.4 is 15.6 Å². The van der Waals surface area contributed by atoms with Gasteiger partial charge in [0.25, 0.3) is 0 Å². The van der Waals surface area contributed by atoms with Gasteiger partial charge in [0.1, 0.15) is 0 Å². The van der Waals surface area contributed by atoms with Crippen molar-refractivity contribution in [3.63, 3.8) is 0 Å². The molecule has 0 radical (unpaired) electrons. The summed E-state index contributed by atoms with van der Waals surface area (Å²) in [5.41, 5.74) is 5.84. The van der Waals surface area contributed by atoms with Gasteiger partial charge in [0, 0.05) is 18.8 Å². The Morgan fingerprint density at radius 2 is 1.81 bits per heavy atom. The summed E-state index contributed by atoms with van der Waals surface area (Å²) in [6.07, 6.45) is 0. The van der Waals surface area contributed by atoms with Crippen molar-refractivity contribution in [1.82, 2.24) is 5.43 Å². The molecule has 3 rings (SSSR count). The lowest BCUT2D eigenvalue weighted by atomic mass is 10.1. The van der Waals surface area contributed by atoms with E-state index in [2.05, 4.69) is 32.9 Å². The number of urea groups is 1. The van der Waals surface area contributed by atoms with Gasteiger partial charge in [0.2, 0.25) is 0 Å². The van der Waals surface area contributed by atoms with Gasteiger partial charge in [0.15, 0.2) is 0 Å². The fourth-order valence-corrected chi connectivity index (χ4v) is 2.83. The van der Waals surface area contributed by atoms with Crippen LogP contribution >= 0.6 is 11.6 Å². The van der Waals surface area contributed by atoms with Gasteiger partial charge in [-0.2, -0.15) is 5.10 Å². The predicted octanol–water partition coefficient (Wildman–Crippen LogP) is 3.72. The Morgan fingerprint density at radius 1 is 1.12 bits per heavy atom. The predicted molar refractivity (Wildman–Crippen MR) is 105 cm³/mol.